The molecule has 0 spiro atoms. The molecular formula is C11H15N3O4. The first-order valence-corrected chi connectivity index (χ1v) is 5.70. The van der Waals surface area contributed by atoms with Crippen LogP contribution < -0.4 is 5.32 Å². The molecule has 1 aliphatic heterocycles. The SMILES string of the molecule is Cn1cc(CNC(=O)[C@@H]2CC[C@H](C(=O)O)O2)cn1. The summed E-state index contributed by atoms with van der Waals surface area (Å²) in [6.45, 7) is 0.365. The van der Waals surface area contributed by atoms with Crippen molar-refractivity contribution in [2.75, 3.05) is 0 Å². The van der Waals surface area contributed by atoms with Gasteiger partial charge in [-0.3, -0.25) is 9.48 Å². The Morgan fingerprint density at radius 2 is 2.28 bits per heavy atom. The van der Waals surface area contributed by atoms with E-state index >= 15 is 0 Å². The minimum absolute atomic E-state index is 0.275. The molecule has 98 valence electrons. The van der Waals surface area contributed by atoms with Gasteiger partial charge in [-0.1, -0.05) is 0 Å². The zero-order valence-corrected chi connectivity index (χ0v) is 10.00. The molecule has 1 aromatic rings. The standard InChI is InChI=1S/C11H15N3O4/c1-14-6-7(5-13-14)4-12-10(15)8-2-3-9(18-8)11(16)17/h5-6,8-9H,2-4H2,1H3,(H,12,15)(H,16,17)/t8-,9+/m0/s1. The largest absolute Gasteiger partial charge is 0.479 e. The summed E-state index contributed by atoms with van der Waals surface area (Å²) in [5, 5.41) is 15.4. The minimum atomic E-state index is -1.02. The van der Waals surface area contributed by atoms with E-state index in [1.807, 2.05) is 0 Å². The molecule has 0 unspecified atom stereocenters. The highest BCUT2D eigenvalue weighted by molar-refractivity contribution is 5.82. The molecule has 2 N–H and O–H groups in total. The zero-order valence-electron chi connectivity index (χ0n) is 10.00. The molecule has 2 heterocycles. The number of aliphatic carboxylic acids is 1. The van der Waals surface area contributed by atoms with E-state index in [-0.39, 0.29) is 5.91 Å². The van der Waals surface area contributed by atoms with Gasteiger partial charge in [0.15, 0.2) is 6.10 Å². The van der Waals surface area contributed by atoms with E-state index in [0.29, 0.717) is 19.4 Å². The number of carboxylic acid groups (broad SMARTS) is 1. The lowest BCUT2D eigenvalue weighted by Gasteiger charge is -2.11. The third-order valence-electron chi connectivity index (χ3n) is 2.81. The van der Waals surface area contributed by atoms with E-state index in [9.17, 15) is 9.59 Å². The van der Waals surface area contributed by atoms with Crippen molar-refractivity contribution in [3.63, 3.8) is 0 Å². The van der Waals surface area contributed by atoms with Gasteiger partial charge in [0.05, 0.1) is 6.20 Å². The highest BCUT2D eigenvalue weighted by Gasteiger charge is 2.34. The summed E-state index contributed by atoms with van der Waals surface area (Å²) in [7, 11) is 1.79. The van der Waals surface area contributed by atoms with Crippen LogP contribution in [0, 0.1) is 0 Å². The molecule has 2 rings (SSSR count). The van der Waals surface area contributed by atoms with Gasteiger partial charge in [-0.25, -0.2) is 4.79 Å². The smallest absolute Gasteiger partial charge is 0.332 e. The maximum atomic E-state index is 11.7. The molecule has 0 bridgehead atoms. The van der Waals surface area contributed by atoms with Crippen molar-refractivity contribution in [3.8, 4) is 0 Å². The van der Waals surface area contributed by atoms with E-state index in [1.165, 1.54) is 0 Å². The Hall–Kier alpha value is -1.89. The molecule has 1 saturated heterocycles. The maximum Gasteiger partial charge on any atom is 0.332 e. The lowest BCUT2D eigenvalue weighted by atomic mass is 10.2. The van der Waals surface area contributed by atoms with Crippen LogP contribution in [0.5, 0.6) is 0 Å². The Morgan fingerprint density at radius 3 is 2.83 bits per heavy atom. The number of nitrogens with one attached hydrogen (secondary N) is 1. The molecule has 0 radical (unpaired) electrons. The van der Waals surface area contributed by atoms with Crippen molar-refractivity contribution in [1.29, 1.82) is 0 Å². The van der Waals surface area contributed by atoms with Crippen LogP contribution in [0.4, 0.5) is 0 Å². The average Bonchev–Trinajstić information content (AvgIpc) is 2.94. The Balaban J connectivity index is 1.80. The van der Waals surface area contributed by atoms with Crippen molar-refractivity contribution in [3.05, 3.63) is 18.0 Å². The van der Waals surface area contributed by atoms with Gasteiger partial charge in [0, 0.05) is 25.4 Å². The van der Waals surface area contributed by atoms with Crippen molar-refractivity contribution in [2.24, 2.45) is 7.05 Å². The summed E-state index contributed by atoms with van der Waals surface area (Å²) in [6.07, 6.45) is 2.75. The van der Waals surface area contributed by atoms with E-state index in [4.69, 9.17) is 9.84 Å². The van der Waals surface area contributed by atoms with Gasteiger partial charge in [0.25, 0.3) is 0 Å². The highest BCUT2D eigenvalue weighted by Crippen LogP contribution is 2.19. The zero-order chi connectivity index (χ0) is 13.1. The number of aryl methyl sites for hydroxylation is 1. The van der Waals surface area contributed by atoms with E-state index < -0.39 is 18.2 Å². The number of carboxylic acids is 1. The van der Waals surface area contributed by atoms with Crippen LogP contribution in [-0.4, -0.2) is 39.0 Å². The normalized spacial score (nSPS) is 22.9. The summed E-state index contributed by atoms with van der Waals surface area (Å²) in [4.78, 5) is 22.4. The first-order valence-electron chi connectivity index (χ1n) is 5.70. The van der Waals surface area contributed by atoms with Gasteiger partial charge in [-0.2, -0.15) is 5.10 Å². The Morgan fingerprint density at radius 1 is 1.56 bits per heavy atom. The van der Waals surface area contributed by atoms with E-state index in [0.717, 1.165) is 5.56 Å². The number of hydrogen-bond donors (Lipinski definition) is 2. The van der Waals surface area contributed by atoms with Crippen molar-refractivity contribution < 1.29 is 19.4 Å². The molecule has 0 saturated carbocycles. The van der Waals surface area contributed by atoms with Gasteiger partial charge in [0.1, 0.15) is 6.10 Å². The molecule has 7 nitrogen and oxygen atoms in total. The maximum absolute atomic E-state index is 11.7. The molecule has 1 amide bonds. The summed E-state index contributed by atoms with van der Waals surface area (Å²) in [6, 6.07) is 0. The topological polar surface area (TPSA) is 93.5 Å². The fourth-order valence-corrected chi connectivity index (χ4v) is 1.88. The summed E-state index contributed by atoms with van der Waals surface area (Å²) >= 11 is 0. The predicted molar refractivity (Wildman–Crippen MR) is 60.6 cm³/mol. The predicted octanol–water partition coefficient (Wildman–Crippen LogP) is -0.331. The number of aromatic nitrogens is 2. The van der Waals surface area contributed by atoms with Crippen molar-refractivity contribution in [2.45, 2.75) is 31.6 Å². The number of nitrogens with zero attached hydrogens (tertiary/aromatic N) is 2. The summed E-state index contributed by atoms with van der Waals surface area (Å²) < 4.78 is 6.79. The number of hydrogen-bond acceptors (Lipinski definition) is 4. The second-order valence-electron chi connectivity index (χ2n) is 4.27. The van der Waals surface area contributed by atoms with Crippen LogP contribution in [0.3, 0.4) is 0 Å². The average molecular weight is 253 g/mol. The molecule has 1 aliphatic rings. The highest BCUT2D eigenvalue weighted by atomic mass is 16.5. The first-order chi connectivity index (χ1) is 8.56. The third-order valence-corrected chi connectivity index (χ3v) is 2.81. The molecule has 2 atom stereocenters. The molecule has 1 fully saturated rings. The number of rotatable bonds is 4. The summed E-state index contributed by atoms with van der Waals surface area (Å²) in [5.41, 5.74) is 0.888. The lowest BCUT2D eigenvalue weighted by molar-refractivity contribution is -0.151. The number of ether oxygens (including phenoxy) is 1. The fourth-order valence-electron chi connectivity index (χ4n) is 1.88. The van der Waals surface area contributed by atoms with Crippen LogP contribution >= 0.6 is 0 Å². The Bertz CT molecular complexity index is 457. The number of carbonyl (C=O) groups excluding carboxylic acids is 1. The molecule has 7 heteroatoms. The van der Waals surface area contributed by atoms with Gasteiger partial charge < -0.3 is 15.2 Å². The van der Waals surface area contributed by atoms with Crippen LogP contribution in [0.15, 0.2) is 12.4 Å². The molecule has 1 aromatic heterocycles. The van der Waals surface area contributed by atoms with Gasteiger partial charge >= 0.3 is 5.97 Å². The number of carbonyl (C=O) groups is 2. The quantitative estimate of drug-likeness (QED) is 0.766. The lowest BCUT2D eigenvalue weighted by Crippen LogP contribution is -2.35. The number of amides is 1. The van der Waals surface area contributed by atoms with E-state index in [2.05, 4.69) is 10.4 Å². The summed E-state index contributed by atoms with van der Waals surface area (Å²) in [5.74, 6) is -1.29. The van der Waals surface area contributed by atoms with Crippen LogP contribution in [0.1, 0.15) is 18.4 Å². The Labute approximate surface area is 104 Å². The molecular weight excluding hydrogens is 238 g/mol. The Kier molecular flexibility index (Phi) is 3.61. The molecule has 0 aromatic carbocycles. The molecule has 0 aliphatic carbocycles. The monoisotopic (exact) mass is 253 g/mol. The van der Waals surface area contributed by atoms with Gasteiger partial charge in [0.2, 0.25) is 5.91 Å². The minimum Gasteiger partial charge on any atom is -0.479 e. The fraction of sp³-hybridized carbons (Fsp3) is 0.545. The van der Waals surface area contributed by atoms with Crippen LogP contribution in [-0.2, 0) is 27.9 Å². The van der Waals surface area contributed by atoms with Crippen LogP contribution in [0.25, 0.3) is 0 Å². The molecule has 18 heavy (non-hydrogen) atoms. The van der Waals surface area contributed by atoms with Gasteiger partial charge in [-0.05, 0) is 12.8 Å². The van der Waals surface area contributed by atoms with Crippen molar-refractivity contribution in [1.82, 2.24) is 15.1 Å². The van der Waals surface area contributed by atoms with Gasteiger partial charge in [-0.15, -0.1) is 0 Å². The second kappa shape index (κ2) is 5.18. The second-order valence-corrected chi connectivity index (χ2v) is 4.27. The third kappa shape index (κ3) is 2.86. The van der Waals surface area contributed by atoms with Crippen LogP contribution in [0.2, 0.25) is 0 Å². The van der Waals surface area contributed by atoms with E-state index in [1.54, 1.807) is 24.1 Å². The van der Waals surface area contributed by atoms with Crippen molar-refractivity contribution >= 4 is 11.9 Å². The first kappa shape index (κ1) is 12.6.